The van der Waals surface area contributed by atoms with E-state index >= 15 is 0 Å². The molecule has 1 aliphatic rings. The van der Waals surface area contributed by atoms with E-state index in [1.165, 1.54) is 29.5 Å². The Morgan fingerprint density at radius 3 is 2.56 bits per heavy atom. The molecule has 1 N–H and O–H groups in total. The molecular formula is C21H22ClN3. The third-order valence-electron chi connectivity index (χ3n) is 4.77. The SMILES string of the molecule is Cc1cc(N2CCCC2)c2ccc(NCc3ccc(Cl)cc3)cc2n1. The number of hydrogen-bond donors (Lipinski definition) is 1. The van der Waals surface area contributed by atoms with Gasteiger partial charge in [0.05, 0.1) is 5.52 Å². The zero-order valence-corrected chi connectivity index (χ0v) is 15.2. The summed E-state index contributed by atoms with van der Waals surface area (Å²) >= 11 is 5.94. The Kier molecular flexibility index (Phi) is 4.50. The average Bonchev–Trinajstić information content (AvgIpc) is 3.14. The maximum Gasteiger partial charge on any atom is 0.0746 e. The van der Waals surface area contributed by atoms with E-state index in [0.29, 0.717) is 0 Å². The second kappa shape index (κ2) is 6.93. The van der Waals surface area contributed by atoms with Gasteiger partial charge in [-0.25, -0.2) is 0 Å². The summed E-state index contributed by atoms with van der Waals surface area (Å²) in [6, 6.07) is 16.6. The van der Waals surface area contributed by atoms with Crippen LogP contribution < -0.4 is 10.2 Å². The molecule has 4 heteroatoms. The second-order valence-corrected chi connectivity index (χ2v) is 7.13. The normalized spacial score (nSPS) is 14.2. The first kappa shape index (κ1) is 16.2. The third-order valence-corrected chi connectivity index (χ3v) is 5.02. The summed E-state index contributed by atoms with van der Waals surface area (Å²) in [4.78, 5) is 7.23. The zero-order valence-electron chi connectivity index (χ0n) is 14.4. The van der Waals surface area contributed by atoms with Gasteiger partial charge in [0, 0.05) is 47.1 Å². The van der Waals surface area contributed by atoms with E-state index in [-0.39, 0.29) is 0 Å². The molecule has 2 heterocycles. The number of rotatable bonds is 4. The lowest BCUT2D eigenvalue weighted by Crippen LogP contribution is -2.18. The van der Waals surface area contributed by atoms with Gasteiger partial charge in [0.2, 0.25) is 0 Å². The van der Waals surface area contributed by atoms with Crippen molar-refractivity contribution < 1.29 is 0 Å². The molecule has 3 nitrogen and oxygen atoms in total. The quantitative estimate of drug-likeness (QED) is 0.681. The Balaban J connectivity index is 1.60. The van der Waals surface area contributed by atoms with Crippen molar-refractivity contribution in [3.8, 4) is 0 Å². The summed E-state index contributed by atoms with van der Waals surface area (Å²) < 4.78 is 0. The Labute approximate surface area is 153 Å². The minimum atomic E-state index is 0.767. The minimum absolute atomic E-state index is 0.767. The van der Waals surface area contributed by atoms with Crippen molar-refractivity contribution in [2.24, 2.45) is 0 Å². The fraction of sp³-hybridized carbons (Fsp3) is 0.286. The van der Waals surface area contributed by atoms with E-state index in [1.54, 1.807) is 0 Å². The van der Waals surface area contributed by atoms with Crippen LogP contribution in [0.5, 0.6) is 0 Å². The fourth-order valence-electron chi connectivity index (χ4n) is 3.47. The molecule has 1 saturated heterocycles. The van der Waals surface area contributed by atoms with Gasteiger partial charge in [0.15, 0.2) is 0 Å². The number of nitrogens with zero attached hydrogens (tertiary/aromatic N) is 2. The lowest BCUT2D eigenvalue weighted by molar-refractivity contribution is 0.949. The molecule has 0 aliphatic carbocycles. The highest BCUT2D eigenvalue weighted by Crippen LogP contribution is 2.31. The van der Waals surface area contributed by atoms with E-state index in [2.05, 4.69) is 41.4 Å². The number of fused-ring (bicyclic) bond motifs is 1. The van der Waals surface area contributed by atoms with Crippen LogP contribution in [0.25, 0.3) is 10.9 Å². The largest absolute Gasteiger partial charge is 0.381 e. The maximum absolute atomic E-state index is 5.94. The predicted octanol–water partition coefficient (Wildman–Crippen LogP) is 5.41. The third kappa shape index (κ3) is 3.57. The molecule has 4 rings (SSSR count). The van der Waals surface area contributed by atoms with Crippen LogP contribution in [0.3, 0.4) is 0 Å². The van der Waals surface area contributed by atoms with Crippen molar-refractivity contribution in [3.63, 3.8) is 0 Å². The number of aromatic nitrogens is 1. The van der Waals surface area contributed by atoms with E-state index in [4.69, 9.17) is 16.6 Å². The summed E-state index contributed by atoms with van der Waals surface area (Å²) in [6.07, 6.45) is 2.56. The van der Waals surface area contributed by atoms with Crippen molar-refractivity contribution in [1.82, 2.24) is 4.98 Å². The molecule has 0 spiro atoms. The van der Waals surface area contributed by atoms with E-state index in [1.807, 2.05) is 24.3 Å². The highest BCUT2D eigenvalue weighted by Gasteiger charge is 2.16. The highest BCUT2D eigenvalue weighted by atomic mass is 35.5. The van der Waals surface area contributed by atoms with Gasteiger partial charge in [0.1, 0.15) is 0 Å². The summed E-state index contributed by atoms with van der Waals surface area (Å²) in [5, 5.41) is 5.49. The van der Waals surface area contributed by atoms with Crippen LogP contribution in [0.4, 0.5) is 11.4 Å². The molecule has 25 heavy (non-hydrogen) atoms. The van der Waals surface area contributed by atoms with Crippen molar-refractivity contribution in [2.75, 3.05) is 23.3 Å². The molecule has 3 aromatic rings. The number of benzene rings is 2. The fourth-order valence-corrected chi connectivity index (χ4v) is 3.60. The molecule has 0 unspecified atom stereocenters. The molecule has 0 bridgehead atoms. The molecule has 2 aromatic carbocycles. The summed E-state index contributed by atoms with van der Waals surface area (Å²) in [5.74, 6) is 0. The van der Waals surface area contributed by atoms with Crippen LogP contribution in [0.15, 0.2) is 48.5 Å². The number of halogens is 1. The first-order valence-electron chi connectivity index (χ1n) is 8.84. The van der Waals surface area contributed by atoms with Crippen LogP contribution in [0.1, 0.15) is 24.1 Å². The van der Waals surface area contributed by atoms with Gasteiger partial charge in [-0.2, -0.15) is 0 Å². The van der Waals surface area contributed by atoms with Crippen LogP contribution in [-0.2, 0) is 6.54 Å². The van der Waals surface area contributed by atoms with Crippen LogP contribution in [0, 0.1) is 6.92 Å². The van der Waals surface area contributed by atoms with Gasteiger partial charge in [-0.05, 0) is 61.7 Å². The Morgan fingerprint density at radius 1 is 1.04 bits per heavy atom. The molecule has 1 aliphatic heterocycles. The Bertz CT molecular complexity index is 884. The molecule has 0 saturated carbocycles. The summed E-state index contributed by atoms with van der Waals surface area (Å²) in [6.45, 7) is 5.14. The highest BCUT2D eigenvalue weighted by molar-refractivity contribution is 6.30. The lowest BCUT2D eigenvalue weighted by Gasteiger charge is -2.20. The van der Waals surface area contributed by atoms with Crippen molar-refractivity contribution in [3.05, 3.63) is 64.8 Å². The minimum Gasteiger partial charge on any atom is -0.381 e. The second-order valence-electron chi connectivity index (χ2n) is 6.69. The van der Waals surface area contributed by atoms with Crippen molar-refractivity contribution in [1.29, 1.82) is 0 Å². The van der Waals surface area contributed by atoms with Gasteiger partial charge in [-0.3, -0.25) is 4.98 Å². The number of pyridine rings is 1. The van der Waals surface area contributed by atoms with Crippen molar-refractivity contribution >= 4 is 33.9 Å². The summed E-state index contributed by atoms with van der Waals surface area (Å²) in [5.41, 5.74) is 5.75. The number of aryl methyl sites for hydroxylation is 1. The number of anilines is 2. The smallest absolute Gasteiger partial charge is 0.0746 e. The van der Waals surface area contributed by atoms with Crippen LogP contribution in [0.2, 0.25) is 5.02 Å². The van der Waals surface area contributed by atoms with E-state index in [0.717, 1.165) is 41.6 Å². The Morgan fingerprint density at radius 2 is 1.80 bits per heavy atom. The topological polar surface area (TPSA) is 28.2 Å². The first-order valence-corrected chi connectivity index (χ1v) is 9.21. The van der Waals surface area contributed by atoms with E-state index < -0.39 is 0 Å². The zero-order chi connectivity index (χ0) is 17.2. The number of nitrogens with one attached hydrogen (secondary N) is 1. The van der Waals surface area contributed by atoms with E-state index in [9.17, 15) is 0 Å². The Hall–Kier alpha value is -2.26. The van der Waals surface area contributed by atoms with Crippen LogP contribution >= 0.6 is 11.6 Å². The molecule has 1 aromatic heterocycles. The predicted molar refractivity (Wildman–Crippen MR) is 107 cm³/mol. The van der Waals surface area contributed by atoms with Gasteiger partial charge in [-0.1, -0.05) is 23.7 Å². The van der Waals surface area contributed by atoms with Crippen LogP contribution in [-0.4, -0.2) is 18.1 Å². The van der Waals surface area contributed by atoms with Gasteiger partial charge >= 0.3 is 0 Å². The molecule has 128 valence electrons. The maximum atomic E-state index is 5.94. The number of hydrogen-bond acceptors (Lipinski definition) is 3. The standard InChI is InChI=1S/C21H22ClN3/c1-15-12-21(25-10-2-3-11-25)19-9-8-18(13-20(19)24-15)23-14-16-4-6-17(22)7-5-16/h4-9,12-13,23H,2-3,10-11,14H2,1H3. The molecule has 0 atom stereocenters. The summed E-state index contributed by atoms with van der Waals surface area (Å²) in [7, 11) is 0. The van der Waals surface area contributed by atoms with Gasteiger partial charge < -0.3 is 10.2 Å². The lowest BCUT2D eigenvalue weighted by atomic mass is 10.1. The first-order chi connectivity index (χ1) is 12.2. The van der Waals surface area contributed by atoms with Gasteiger partial charge in [0.25, 0.3) is 0 Å². The molecule has 0 radical (unpaired) electrons. The molecule has 1 fully saturated rings. The average molecular weight is 352 g/mol. The van der Waals surface area contributed by atoms with Gasteiger partial charge in [-0.15, -0.1) is 0 Å². The molecular weight excluding hydrogens is 330 g/mol. The van der Waals surface area contributed by atoms with Crippen molar-refractivity contribution in [2.45, 2.75) is 26.3 Å². The molecule has 0 amide bonds. The monoisotopic (exact) mass is 351 g/mol.